The van der Waals surface area contributed by atoms with Crippen LogP contribution in [-0.2, 0) is 0 Å². The number of nitrogens with two attached hydrogens (primary N) is 2. The average molecular weight is 200 g/mol. The van der Waals surface area contributed by atoms with Crippen molar-refractivity contribution < 1.29 is 0 Å². The molecule has 0 aliphatic rings. The molecule has 8 N–H and O–H groups in total. The van der Waals surface area contributed by atoms with Crippen LogP contribution in [0.15, 0.2) is 14.4 Å². The average Bonchev–Trinajstić information content (AvgIpc) is 2.49. The van der Waals surface area contributed by atoms with E-state index in [2.05, 4.69) is 26.6 Å². The zero-order chi connectivity index (χ0) is 10.7. The van der Waals surface area contributed by atoms with Crippen LogP contribution in [0.5, 0.6) is 0 Å². The number of aromatic nitrogens is 4. The first-order valence-electron chi connectivity index (χ1n) is 3.45. The van der Waals surface area contributed by atoms with Crippen LogP contribution in [0.1, 0.15) is 0 Å². The van der Waals surface area contributed by atoms with Crippen molar-refractivity contribution in [3.63, 3.8) is 0 Å². The van der Waals surface area contributed by atoms with Crippen molar-refractivity contribution in [1.82, 2.24) is 19.9 Å². The summed E-state index contributed by atoms with van der Waals surface area (Å²) in [5.41, 5.74) is -1.65. The lowest BCUT2D eigenvalue weighted by atomic mass is 10.5. The van der Waals surface area contributed by atoms with Crippen molar-refractivity contribution in [3.8, 4) is 0 Å². The lowest BCUT2D eigenvalue weighted by Gasteiger charge is -1.83. The number of fused-ring (bicyclic) bond motifs is 1. The van der Waals surface area contributed by atoms with Gasteiger partial charge in [0, 0.05) is 0 Å². The molecule has 9 heteroatoms. The Morgan fingerprint density at radius 2 is 1.29 bits per heavy atom. The molecule has 0 spiro atoms. The van der Waals surface area contributed by atoms with Gasteiger partial charge in [-0.2, -0.15) is 0 Å². The van der Waals surface area contributed by atoms with Crippen molar-refractivity contribution in [3.05, 3.63) is 31.3 Å². The predicted molar refractivity (Wildman–Crippen MR) is 48.5 cm³/mol. The summed E-state index contributed by atoms with van der Waals surface area (Å²) < 4.78 is 0. The molecule has 0 amide bonds. The summed E-state index contributed by atoms with van der Waals surface area (Å²) >= 11 is 0. The molecule has 2 aromatic heterocycles. The van der Waals surface area contributed by atoms with Gasteiger partial charge >= 0.3 is 11.4 Å². The second-order valence-corrected chi connectivity index (χ2v) is 2.24. The lowest BCUT2D eigenvalue weighted by Crippen LogP contribution is -2.21. The molecule has 0 bridgehead atoms. The summed E-state index contributed by atoms with van der Waals surface area (Å²) in [5, 5.41) is 0. The van der Waals surface area contributed by atoms with Crippen LogP contribution >= 0.6 is 0 Å². The van der Waals surface area contributed by atoms with E-state index in [9.17, 15) is 14.4 Å². The van der Waals surface area contributed by atoms with Gasteiger partial charge in [-0.05, 0) is 0 Å². The van der Waals surface area contributed by atoms with Crippen molar-refractivity contribution in [2.45, 2.75) is 0 Å². The molecule has 2 aromatic rings. The van der Waals surface area contributed by atoms with Gasteiger partial charge in [0.25, 0.3) is 5.56 Å². The van der Waals surface area contributed by atoms with Crippen molar-refractivity contribution in [2.24, 2.45) is 11.7 Å². The fourth-order valence-corrected chi connectivity index (χ4v) is 0.958. The van der Waals surface area contributed by atoms with Crippen molar-refractivity contribution >= 4 is 11.2 Å². The standard InChI is InChI=1S/C5H4N4O3.H4N2/c10-3-1-2(7-4(11)6-1)8-5(12)9-3;1-2/h(H4,6,7,8,9,10,11,12);1-2H2. The monoisotopic (exact) mass is 200 g/mol. The molecule has 0 aromatic carbocycles. The molecule has 14 heavy (non-hydrogen) atoms. The minimum atomic E-state index is -0.650. The van der Waals surface area contributed by atoms with Gasteiger partial charge in [-0.25, -0.2) is 9.59 Å². The molecule has 0 aliphatic heterocycles. The Bertz CT molecular complexity index is 586. The zero-order valence-corrected chi connectivity index (χ0v) is 6.88. The number of hydrazine groups is 1. The van der Waals surface area contributed by atoms with Gasteiger partial charge in [-0.15, -0.1) is 0 Å². The van der Waals surface area contributed by atoms with Crippen molar-refractivity contribution in [1.29, 1.82) is 0 Å². The molecule has 76 valence electrons. The molecule has 0 unspecified atom stereocenters. The number of hydrogen-bond acceptors (Lipinski definition) is 5. The molecule has 0 saturated carbocycles. The van der Waals surface area contributed by atoms with Crippen LogP contribution in [0.4, 0.5) is 0 Å². The minimum absolute atomic E-state index is 0.0413. The Balaban J connectivity index is 0.000000461. The number of imidazole rings is 1. The molecule has 0 atom stereocenters. The van der Waals surface area contributed by atoms with Crippen LogP contribution < -0.4 is 28.6 Å². The van der Waals surface area contributed by atoms with Gasteiger partial charge in [0.05, 0.1) is 0 Å². The molecule has 2 heterocycles. The van der Waals surface area contributed by atoms with Crippen LogP contribution in [0.2, 0.25) is 0 Å². The number of hydrogen-bond donors (Lipinski definition) is 6. The van der Waals surface area contributed by atoms with E-state index >= 15 is 0 Å². The Morgan fingerprint density at radius 3 is 1.86 bits per heavy atom. The van der Waals surface area contributed by atoms with E-state index in [-0.39, 0.29) is 11.2 Å². The van der Waals surface area contributed by atoms with E-state index < -0.39 is 16.9 Å². The molecular weight excluding hydrogens is 192 g/mol. The first kappa shape index (κ1) is 9.95. The van der Waals surface area contributed by atoms with E-state index in [0.717, 1.165) is 0 Å². The highest BCUT2D eigenvalue weighted by atomic mass is 16.2. The smallest absolute Gasteiger partial charge is 0.300 e. The van der Waals surface area contributed by atoms with Crippen LogP contribution in [0.25, 0.3) is 11.2 Å². The van der Waals surface area contributed by atoms with E-state index in [1.807, 2.05) is 4.98 Å². The topological polar surface area (TPSA) is 166 Å². The van der Waals surface area contributed by atoms with Crippen LogP contribution in [0, 0.1) is 0 Å². The van der Waals surface area contributed by atoms with Crippen LogP contribution in [0.3, 0.4) is 0 Å². The van der Waals surface area contributed by atoms with E-state index in [1.54, 1.807) is 0 Å². The first-order chi connectivity index (χ1) is 6.66. The maximum absolute atomic E-state index is 10.9. The Morgan fingerprint density at radius 1 is 0.786 bits per heavy atom. The highest BCUT2D eigenvalue weighted by molar-refractivity contribution is 5.67. The maximum Gasteiger partial charge on any atom is 0.327 e. The van der Waals surface area contributed by atoms with E-state index in [4.69, 9.17) is 0 Å². The zero-order valence-electron chi connectivity index (χ0n) is 6.88. The molecule has 0 fully saturated rings. The van der Waals surface area contributed by atoms with Gasteiger partial charge in [0.15, 0.2) is 0 Å². The summed E-state index contributed by atoms with van der Waals surface area (Å²) in [6.07, 6.45) is 0. The van der Waals surface area contributed by atoms with E-state index in [0.29, 0.717) is 0 Å². The van der Waals surface area contributed by atoms with Crippen LogP contribution in [-0.4, -0.2) is 19.9 Å². The maximum atomic E-state index is 10.9. The predicted octanol–water partition coefficient (Wildman–Crippen LogP) is -2.95. The second kappa shape index (κ2) is 3.72. The summed E-state index contributed by atoms with van der Waals surface area (Å²) in [7, 11) is 0. The number of H-pyrrole nitrogens is 4. The van der Waals surface area contributed by atoms with Gasteiger partial charge in [0.2, 0.25) is 0 Å². The van der Waals surface area contributed by atoms with Gasteiger partial charge in [-0.1, -0.05) is 0 Å². The highest BCUT2D eigenvalue weighted by Gasteiger charge is 2.02. The van der Waals surface area contributed by atoms with Gasteiger partial charge in [-0.3, -0.25) is 36.4 Å². The summed E-state index contributed by atoms with van der Waals surface area (Å²) in [5.74, 6) is 8.00. The highest BCUT2D eigenvalue weighted by Crippen LogP contribution is 1.88. The summed E-state index contributed by atoms with van der Waals surface area (Å²) in [6.45, 7) is 0. The molecule has 0 aliphatic carbocycles. The molecule has 2 rings (SSSR count). The minimum Gasteiger partial charge on any atom is -0.300 e. The summed E-state index contributed by atoms with van der Waals surface area (Å²) in [4.78, 5) is 41.0. The third-order valence-corrected chi connectivity index (χ3v) is 1.42. The normalized spacial score (nSPS) is 9.57. The molecule has 0 saturated heterocycles. The third kappa shape index (κ3) is 1.62. The Labute approximate surface area is 75.1 Å². The SMILES string of the molecule is NN.O=c1[nH]c(=O)c2[nH]c(=O)[nH]c2[nH]1. The van der Waals surface area contributed by atoms with Gasteiger partial charge < -0.3 is 0 Å². The number of rotatable bonds is 0. The number of nitrogens with one attached hydrogen (secondary N) is 4. The van der Waals surface area contributed by atoms with Crippen molar-refractivity contribution in [2.75, 3.05) is 0 Å². The Hall–Kier alpha value is -2.13. The third-order valence-electron chi connectivity index (χ3n) is 1.42. The number of aromatic amines is 4. The molecule has 9 nitrogen and oxygen atoms in total. The lowest BCUT2D eigenvalue weighted by molar-refractivity contribution is 1.07. The fourth-order valence-electron chi connectivity index (χ4n) is 0.958. The fraction of sp³-hybridized carbons (Fsp3) is 0. The summed E-state index contributed by atoms with van der Waals surface area (Å²) in [6, 6.07) is 0. The first-order valence-corrected chi connectivity index (χ1v) is 3.45. The Kier molecular flexibility index (Phi) is 2.65. The van der Waals surface area contributed by atoms with E-state index in [1.165, 1.54) is 0 Å². The quantitative estimate of drug-likeness (QED) is 0.197. The molecule has 0 radical (unpaired) electrons. The van der Waals surface area contributed by atoms with Gasteiger partial charge in [0.1, 0.15) is 11.2 Å². The largest absolute Gasteiger partial charge is 0.327 e. The molecular formula is C5H8N6O3. The second-order valence-electron chi connectivity index (χ2n) is 2.24.